The van der Waals surface area contributed by atoms with E-state index in [0.29, 0.717) is 27.3 Å². The van der Waals surface area contributed by atoms with Gasteiger partial charge in [-0.05, 0) is 47.5 Å². The highest BCUT2D eigenvalue weighted by Gasteiger charge is 2.12. The molecule has 0 unspecified atom stereocenters. The van der Waals surface area contributed by atoms with Crippen molar-refractivity contribution in [3.63, 3.8) is 0 Å². The molecule has 30 heavy (non-hydrogen) atoms. The number of fused-ring (bicyclic) bond motifs is 4. The van der Waals surface area contributed by atoms with Gasteiger partial charge < -0.3 is 0 Å². The van der Waals surface area contributed by atoms with Crippen molar-refractivity contribution >= 4 is 48.1 Å². The first kappa shape index (κ1) is 17.1. The molecule has 3 heterocycles. The van der Waals surface area contributed by atoms with Gasteiger partial charge in [0, 0.05) is 26.4 Å². The van der Waals surface area contributed by atoms with Crippen LogP contribution in [0.5, 0.6) is 0 Å². The quantitative estimate of drug-likeness (QED) is 0.351. The summed E-state index contributed by atoms with van der Waals surface area (Å²) in [7, 11) is 0. The van der Waals surface area contributed by atoms with Gasteiger partial charge >= 0.3 is 0 Å². The smallest absolute Gasteiger partial charge is 0.265 e. The first-order chi connectivity index (χ1) is 14.7. The molecule has 0 radical (unpaired) electrons. The summed E-state index contributed by atoms with van der Waals surface area (Å²) in [6.07, 6.45) is 1.71. The van der Waals surface area contributed by atoms with Crippen molar-refractivity contribution in [1.82, 2.24) is 9.38 Å². The highest BCUT2D eigenvalue weighted by atomic mass is 32.1. The predicted molar refractivity (Wildman–Crippen MR) is 124 cm³/mol. The van der Waals surface area contributed by atoms with Crippen molar-refractivity contribution in [3.05, 3.63) is 106 Å². The number of benzene rings is 3. The van der Waals surface area contributed by atoms with Crippen LogP contribution < -0.4 is 11.0 Å². The molecule has 0 saturated carbocycles. The number of hydrogen-bond donors (Lipinski definition) is 0. The minimum absolute atomic E-state index is 0.0338. The lowest BCUT2D eigenvalue weighted by molar-refractivity contribution is 1.08. The second-order valence-electron chi connectivity index (χ2n) is 7.22. The van der Waals surface area contributed by atoms with E-state index in [4.69, 9.17) is 0 Å². The standard InChI is InChI=1S/C25H14N2O2S/c28-24-18-12-16(15-6-2-1-3-7-15)9-10-21(18)30-22-14-17-20(13-19(22)24)26-23-8-4-5-11-27(23)25(17)29/h1-14H. The maximum absolute atomic E-state index is 13.4. The van der Waals surface area contributed by atoms with Gasteiger partial charge in [-0.15, -0.1) is 11.3 Å². The maximum Gasteiger partial charge on any atom is 0.265 e. The molecule has 0 fully saturated rings. The zero-order chi connectivity index (χ0) is 20.2. The van der Waals surface area contributed by atoms with E-state index in [1.807, 2.05) is 54.6 Å². The zero-order valence-corrected chi connectivity index (χ0v) is 16.5. The number of rotatable bonds is 1. The molecular formula is C25H14N2O2S. The predicted octanol–water partition coefficient (Wildman–Crippen LogP) is 5.24. The fourth-order valence-corrected chi connectivity index (χ4v) is 4.99. The summed E-state index contributed by atoms with van der Waals surface area (Å²) in [6, 6.07) is 25.0. The second-order valence-corrected chi connectivity index (χ2v) is 8.30. The van der Waals surface area contributed by atoms with Crippen LogP contribution in [-0.2, 0) is 0 Å². The van der Waals surface area contributed by atoms with Gasteiger partial charge in [0.2, 0.25) is 0 Å². The largest absolute Gasteiger partial charge is 0.289 e. The zero-order valence-electron chi connectivity index (χ0n) is 15.7. The van der Waals surface area contributed by atoms with Crippen LogP contribution in [0.25, 0.3) is 47.8 Å². The Morgan fingerprint density at radius 1 is 0.700 bits per heavy atom. The molecule has 5 heteroatoms. The van der Waals surface area contributed by atoms with E-state index in [-0.39, 0.29) is 11.0 Å². The monoisotopic (exact) mass is 406 g/mol. The Morgan fingerprint density at radius 3 is 2.37 bits per heavy atom. The third kappa shape index (κ3) is 2.49. The fraction of sp³-hybridized carbons (Fsp3) is 0. The van der Waals surface area contributed by atoms with Crippen LogP contribution in [0.2, 0.25) is 0 Å². The Balaban J connectivity index is 1.69. The lowest BCUT2D eigenvalue weighted by Crippen LogP contribution is -2.15. The van der Waals surface area contributed by atoms with E-state index in [0.717, 1.165) is 20.5 Å². The highest BCUT2D eigenvalue weighted by molar-refractivity contribution is 7.24. The van der Waals surface area contributed by atoms with Gasteiger partial charge in [0.05, 0.1) is 10.9 Å². The molecule has 0 aliphatic rings. The second kappa shape index (κ2) is 6.34. The summed E-state index contributed by atoms with van der Waals surface area (Å²) < 4.78 is 3.23. The van der Waals surface area contributed by atoms with Crippen LogP contribution in [0.4, 0.5) is 0 Å². The Kier molecular flexibility index (Phi) is 3.60. The molecule has 6 rings (SSSR count). The molecule has 3 aromatic heterocycles. The highest BCUT2D eigenvalue weighted by Crippen LogP contribution is 2.30. The SMILES string of the molecule is O=c1c2cc(-c3ccccc3)ccc2sc2cc3c(=O)n4ccccc4nc3cc12. The molecular weight excluding hydrogens is 392 g/mol. The number of pyridine rings is 1. The molecule has 3 aromatic carbocycles. The third-order valence-corrected chi connectivity index (χ3v) is 6.55. The molecule has 0 bridgehead atoms. The Hall–Kier alpha value is -3.83. The molecule has 0 spiro atoms. The van der Waals surface area contributed by atoms with Gasteiger partial charge in [0.25, 0.3) is 5.56 Å². The van der Waals surface area contributed by atoms with Gasteiger partial charge in [-0.1, -0.05) is 42.5 Å². The van der Waals surface area contributed by atoms with Crippen molar-refractivity contribution in [2.75, 3.05) is 0 Å². The maximum atomic E-state index is 13.4. The van der Waals surface area contributed by atoms with Crippen molar-refractivity contribution < 1.29 is 0 Å². The van der Waals surface area contributed by atoms with E-state index >= 15 is 0 Å². The fourth-order valence-electron chi connectivity index (χ4n) is 3.91. The first-order valence-corrected chi connectivity index (χ1v) is 10.4. The van der Waals surface area contributed by atoms with Crippen LogP contribution >= 0.6 is 11.3 Å². The molecule has 0 aliphatic carbocycles. The topological polar surface area (TPSA) is 51.4 Å². The van der Waals surface area contributed by atoms with Crippen molar-refractivity contribution in [2.24, 2.45) is 0 Å². The van der Waals surface area contributed by atoms with E-state index in [1.165, 1.54) is 15.7 Å². The molecule has 0 aliphatic heterocycles. The van der Waals surface area contributed by atoms with Gasteiger partial charge in [0.1, 0.15) is 5.65 Å². The van der Waals surface area contributed by atoms with Gasteiger partial charge in [-0.2, -0.15) is 0 Å². The molecule has 0 N–H and O–H groups in total. The van der Waals surface area contributed by atoms with Crippen LogP contribution in [0.15, 0.2) is 94.6 Å². The summed E-state index contributed by atoms with van der Waals surface area (Å²) in [5, 5.41) is 1.80. The Morgan fingerprint density at radius 2 is 1.50 bits per heavy atom. The lowest BCUT2D eigenvalue weighted by atomic mass is 10.0. The summed E-state index contributed by atoms with van der Waals surface area (Å²) in [5.74, 6) is 0. The lowest BCUT2D eigenvalue weighted by Gasteiger charge is -2.07. The van der Waals surface area contributed by atoms with Crippen molar-refractivity contribution in [1.29, 1.82) is 0 Å². The van der Waals surface area contributed by atoms with Crippen LogP contribution in [0.1, 0.15) is 0 Å². The minimum atomic E-state index is -0.128. The van der Waals surface area contributed by atoms with Crippen LogP contribution in [-0.4, -0.2) is 9.38 Å². The summed E-state index contributed by atoms with van der Waals surface area (Å²) >= 11 is 1.52. The van der Waals surface area contributed by atoms with E-state index < -0.39 is 0 Å². The van der Waals surface area contributed by atoms with Crippen molar-refractivity contribution in [3.8, 4) is 11.1 Å². The molecule has 142 valence electrons. The molecule has 6 aromatic rings. The Bertz CT molecular complexity index is 1730. The average Bonchev–Trinajstić information content (AvgIpc) is 2.79. The number of hydrogen-bond acceptors (Lipinski definition) is 4. The van der Waals surface area contributed by atoms with E-state index in [2.05, 4.69) is 4.98 Å². The Labute approximate surface area is 174 Å². The van der Waals surface area contributed by atoms with Gasteiger partial charge in [-0.3, -0.25) is 14.0 Å². The van der Waals surface area contributed by atoms with Crippen molar-refractivity contribution in [2.45, 2.75) is 0 Å². The summed E-state index contributed by atoms with van der Waals surface area (Å²) in [5.41, 5.74) is 3.03. The first-order valence-electron chi connectivity index (χ1n) is 9.56. The third-order valence-electron chi connectivity index (χ3n) is 5.42. The average molecular weight is 406 g/mol. The normalized spacial score (nSPS) is 11.6. The van der Waals surface area contributed by atoms with E-state index in [9.17, 15) is 9.59 Å². The van der Waals surface area contributed by atoms with Crippen LogP contribution in [0.3, 0.4) is 0 Å². The molecule has 0 saturated heterocycles. The van der Waals surface area contributed by atoms with Gasteiger partial charge in [0.15, 0.2) is 5.43 Å². The molecule has 4 nitrogen and oxygen atoms in total. The van der Waals surface area contributed by atoms with Gasteiger partial charge in [-0.25, -0.2) is 4.98 Å². The minimum Gasteiger partial charge on any atom is -0.289 e. The van der Waals surface area contributed by atoms with Crippen LogP contribution in [0, 0.1) is 0 Å². The van der Waals surface area contributed by atoms with E-state index in [1.54, 1.807) is 30.5 Å². The molecule has 0 amide bonds. The number of nitrogens with zero attached hydrogens (tertiary/aromatic N) is 2. The summed E-state index contributed by atoms with van der Waals surface area (Å²) in [4.78, 5) is 30.9. The molecule has 0 atom stereocenters. The summed E-state index contributed by atoms with van der Waals surface area (Å²) in [6.45, 7) is 0. The number of aromatic nitrogens is 2.